The topological polar surface area (TPSA) is 43.8 Å². The number of imidazole rings is 1. The quantitative estimate of drug-likeness (QED) is 0.888. The van der Waals surface area contributed by atoms with Crippen molar-refractivity contribution in [3.8, 4) is 0 Å². The summed E-state index contributed by atoms with van der Waals surface area (Å²) in [5, 5.41) is 0. The fraction of sp³-hybridized carbons (Fsp3) is 0.800. The third kappa shape index (κ3) is 1.49. The van der Waals surface area contributed by atoms with E-state index in [1.165, 1.54) is 44.3 Å². The SMILES string of the molecule is NCCn1ccnc1C12CC3CC(CC(C3)C1)C2. The molecule has 0 radical (unpaired) electrons. The Hall–Kier alpha value is -0.830. The van der Waals surface area contributed by atoms with Gasteiger partial charge in [-0.1, -0.05) is 0 Å². The van der Waals surface area contributed by atoms with Gasteiger partial charge in [0, 0.05) is 30.9 Å². The Kier molecular flexibility index (Phi) is 2.35. The molecule has 4 aliphatic rings. The van der Waals surface area contributed by atoms with E-state index in [1.54, 1.807) is 0 Å². The third-order valence-electron chi connectivity index (χ3n) is 5.60. The number of nitrogens with two attached hydrogens (primary N) is 1. The van der Waals surface area contributed by atoms with Gasteiger partial charge in [-0.15, -0.1) is 0 Å². The molecule has 0 spiro atoms. The van der Waals surface area contributed by atoms with Crippen LogP contribution in [0.25, 0.3) is 0 Å². The van der Waals surface area contributed by atoms with Crippen LogP contribution in [0.3, 0.4) is 0 Å². The Balaban J connectivity index is 1.72. The Morgan fingerprint density at radius 2 is 1.78 bits per heavy atom. The summed E-state index contributed by atoms with van der Waals surface area (Å²) < 4.78 is 2.33. The number of aromatic nitrogens is 2. The van der Waals surface area contributed by atoms with Gasteiger partial charge in [-0.25, -0.2) is 4.98 Å². The highest BCUT2D eigenvalue weighted by Crippen LogP contribution is 2.60. The largest absolute Gasteiger partial charge is 0.333 e. The van der Waals surface area contributed by atoms with Crippen molar-refractivity contribution in [1.82, 2.24) is 9.55 Å². The number of nitrogens with zero attached hydrogens (tertiary/aromatic N) is 2. The van der Waals surface area contributed by atoms with Gasteiger partial charge in [0.05, 0.1) is 0 Å². The maximum atomic E-state index is 5.73. The van der Waals surface area contributed by atoms with Gasteiger partial charge in [0.1, 0.15) is 5.82 Å². The molecule has 3 heteroatoms. The normalized spacial score (nSPS) is 41.5. The van der Waals surface area contributed by atoms with Crippen LogP contribution in [-0.4, -0.2) is 16.1 Å². The molecule has 18 heavy (non-hydrogen) atoms. The second kappa shape index (κ2) is 3.83. The molecular weight excluding hydrogens is 222 g/mol. The molecule has 4 saturated carbocycles. The molecule has 2 N–H and O–H groups in total. The first-order valence-corrected chi connectivity index (χ1v) is 7.51. The lowest BCUT2D eigenvalue weighted by Gasteiger charge is -2.56. The van der Waals surface area contributed by atoms with E-state index in [-0.39, 0.29) is 0 Å². The van der Waals surface area contributed by atoms with Crippen molar-refractivity contribution in [2.24, 2.45) is 23.5 Å². The van der Waals surface area contributed by atoms with E-state index in [9.17, 15) is 0 Å². The standard InChI is InChI=1S/C15H23N3/c16-1-3-18-4-2-17-14(18)15-8-11-5-12(9-15)7-13(6-11)10-15/h2,4,11-13H,1,3,5-10,16H2. The smallest absolute Gasteiger partial charge is 0.114 e. The Morgan fingerprint density at radius 1 is 1.17 bits per heavy atom. The minimum atomic E-state index is 0.410. The van der Waals surface area contributed by atoms with Gasteiger partial charge in [0.25, 0.3) is 0 Å². The van der Waals surface area contributed by atoms with Crippen LogP contribution in [-0.2, 0) is 12.0 Å². The first kappa shape index (κ1) is 11.0. The van der Waals surface area contributed by atoms with E-state index in [0.717, 1.165) is 30.8 Å². The van der Waals surface area contributed by atoms with Crippen molar-refractivity contribution in [3.05, 3.63) is 18.2 Å². The first-order valence-electron chi connectivity index (χ1n) is 7.51. The van der Waals surface area contributed by atoms with E-state index in [1.807, 2.05) is 6.20 Å². The monoisotopic (exact) mass is 245 g/mol. The van der Waals surface area contributed by atoms with Crippen LogP contribution in [0.15, 0.2) is 12.4 Å². The third-order valence-corrected chi connectivity index (χ3v) is 5.60. The molecule has 0 amide bonds. The molecule has 98 valence electrons. The zero-order valence-electron chi connectivity index (χ0n) is 11.0. The Labute approximate surface area is 109 Å². The van der Waals surface area contributed by atoms with Crippen molar-refractivity contribution in [1.29, 1.82) is 0 Å². The zero-order chi connectivity index (χ0) is 12.2. The molecule has 0 atom stereocenters. The van der Waals surface area contributed by atoms with Crippen molar-refractivity contribution in [3.63, 3.8) is 0 Å². The fourth-order valence-corrected chi connectivity index (χ4v) is 5.47. The van der Waals surface area contributed by atoms with Crippen LogP contribution in [0.1, 0.15) is 44.3 Å². The summed E-state index contributed by atoms with van der Waals surface area (Å²) in [6.07, 6.45) is 12.8. The molecule has 1 aromatic heterocycles. The van der Waals surface area contributed by atoms with Crippen LogP contribution >= 0.6 is 0 Å². The highest BCUT2D eigenvalue weighted by molar-refractivity contribution is 5.18. The lowest BCUT2D eigenvalue weighted by molar-refractivity contribution is -0.0109. The minimum absolute atomic E-state index is 0.410. The molecule has 4 bridgehead atoms. The number of hydrogen-bond donors (Lipinski definition) is 1. The summed E-state index contributed by atoms with van der Waals surface area (Å²) in [5.74, 6) is 4.31. The van der Waals surface area contributed by atoms with Gasteiger partial charge >= 0.3 is 0 Å². The minimum Gasteiger partial charge on any atom is -0.333 e. The second-order valence-electron chi connectivity index (χ2n) is 6.93. The Morgan fingerprint density at radius 3 is 2.33 bits per heavy atom. The summed E-state index contributed by atoms with van der Waals surface area (Å²) in [7, 11) is 0. The molecule has 3 nitrogen and oxygen atoms in total. The van der Waals surface area contributed by atoms with Crippen molar-refractivity contribution in [2.75, 3.05) is 6.54 Å². The van der Waals surface area contributed by atoms with E-state index in [2.05, 4.69) is 10.8 Å². The average Bonchev–Trinajstić information content (AvgIpc) is 2.76. The Bertz CT molecular complexity index is 413. The van der Waals surface area contributed by atoms with Gasteiger partial charge in [-0.05, 0) is 56.3 Å². The molecule has 0 aliphatic heterocycles. The van der Waals surface area contributed by atoms with Crippen molar-refractivity contribution < 1.29 is 0 Å². The molecular formula is C15H23N3. The van der Waals surface area contributed by atoms with Crippen LogP contribution in [0, 0.1) is 17.8 Å². The predicted molar refractivity (Wildman–Crippen MR) is 71.1 cm³/mol. The zero-order valence-corrected chi connectivity index (χ0v) is 11.0. The second-order valence-corrected chi connectivity index (χ2v) is 6.93. The van der Waals surface area contributed by atoms with Crippen LogP contribution in [0.5, 0.6) is 0 Å². The number of hydrogen-bond acceptors (Lipinski definition) is 2. The maximum Gasteiger partial charge on any atom is 0.114 e. The van der Waals surface area contributed by atoms with E-state index >= 15 is 0 Å². The van der Waals surface area contributed by atoms with Crippen LogP contribution < -0.4 is 5.73 Å². The molecule has 0 unspecified atom stereocenters. The number of rotatable bonds is 3. The lowest BCUT2D eigenvalue weighted by Crippen LogP contribution is -2.49. The van der Waals surface area contributed by atoms with Gasteiger partial charge < -0.3 is 10.3 Å². The summed E-state index contributed by atoms with van der Waals surface area (Å²) in [6.45, 7) is 1.65. The van der Waals surface area contributed by atoms with Gasteiger partial charge in [-0.2, -0.15) is 0 Å². The van der Waals surface area contributed by atoms with Gasteiger partial charge in [0.2, 0.25) is 0 Å². The highest BCUT2D eigenvalue weighted by atomic mass is 15.1. The van der Waals surface area contributed by atoms with Gasteiger partial charge in [-0.3, -0.25) is 0 Å². The predicted octanol–water partition coefficient (Wildman–Crippen LogP) is 2.31. The summed E-state index contributed by atoms with van der Waals surface area (Å²) >= 11 is 0. The molecule has 1 heterocycles. The van der Waals surface area contributed by atoms with E-state index < -0.39 is 0 Å². The first-order chi connectivity index (χ1) is 8.79. The molecule has 0 aromatic carbocycles. The molecule has 5 rings (SSSR count). The lowest BCUT2D eigenvalue weighted by atomic mass is 9.49. The maximum absolute atomic E-state index is 5.73. The van der Waals surface area contributed by atoms with Crippen LogP contribution in [0.2, 0.25) is 0 Å². The molecule has 0 saturated heterocycles. The summed E-state index contributed by atoms with van der Waals surface area (Å²) in [6, 6.07) is 0. The molecule has 4 fully saturated rings. The molecule has 4 aliphatic carbocycles. The van der Waals surface area contributed by atoms with Gasteiger partial charge in [0.15, 0.2) is 0 Å². The summed E-state index contributed by atoms with van der Waals surface area (Å²) in [4.78, 5) is 4.73. The summed E-state index contributed by atoms with van der Waals surface area (Å²) in [5.41, 5.74) is 6.14. The van der Waals surface area contributed by atoms with E-state index in [4.69, 9.17) is 10.7 Å². The van der Waals surface area contributed by atoms with E-state index in [0.29, 0.717) is 5.41 Å². The highest BCUT2D eigenvalue weighted by Gasteiger charge is 2.53. The van der Waals surface area contributed by atoms with Crippen molar-refractivity contribution >= 4 is 0 Å². The average molecular weight is 245 g/mol. The molecule has 1 aromatic rings. The van der Waals surface area contributed by atoms with Crippen molar-refractivity contribution in [2.45, 2.75) is 50.5 Å². The fourth-order valence-electron chi connectivity index (χ4n) is 5.47. The van der Waals surface area contributed by atoms with Crippen LogP contribution in [0.4, 0.5) is 0 Å².